The van der Waals surface area contributed by atoms with E-state index in [0.29, 0.717) is 6.04 Å². The van der Waals surface area contributed by atoms with Gasteiger partial charge in [0.15, 0.2) is 0 Å². The summed E-state index contributed by atoms with van der Waals surface area (Å²) >= 11 is 0. The molecule has 5 nitrogen and oxygen atoms in total. The van der Waals surface area contributed by atoms with Gasteiger partial charge in [0.25, 0.3) is 0 Å². The summed E-state index contributed by atoms with van der Waals surface area (Å²) in [6.07, 6.45) is 4.49. The molecule has 140 valence electrons. The molecule has 1 aliphatic heterocycles. The lowest BCUT2D eigenvalue weighted by atomic mass is 9.99. The fourth-order valence-electron chi connectivity index (χ4n) is 3.91. The van der Waals surface area contributed by atoms with Crippen molar-refractivity contribution in [2.45, 2.75) is 65.5 Å². The number of hydrogen-bond donors (Lipinski definition) is 1. The minimum atomic E-state index is -0.257. The van der Waals surface area contributed by atoms with E-state index in [1.807, 2.05) is 55.8 Å². The number of aryl methyl sites for hydroxylation is 1. The number of hydrogen-bond acceptors (Lipinski definition) is 3. The van der Waals surface area contributed by atoms with Crippen molar-refractivity contribution >= 4 is 11.6 Å². The number of nitrogens with zero attached hydrogens (tertiary/aromatic N) is 3. The maximum absolute atomic E-state index is 13.0. The summed E-state index contributed by atoms with van der Waals surface area (Å²) in [5, 5.41) is 8.10. The van der Waals surface area contributed by atoms with Crippen LogP contribution in [0.1, 0.15) is 50.9 Å². The molecule has 0 radical (unpaired) electrons. The Kier molecular flexibility index (Phi) is 5.64. The lowest BCUT2D eigenvalue weighted by Crippen LogP contribution is -2.49. The highest BCUT2D eigenvalue weighted by molar-refractivity contribution is 5.85. The van der Waals surface area contributed by atoms with Crippen LogP contribution in [-0.2, 0) is 4.79 Å². The molecule has 0 saturated carbocycles. The Labute approximate surface area is 156 Å². The normalized spacial score (nSPS) is 18.6. The van der Waals surface area contributed by atoms with E-state index in [2.05, 4.69) is 22.2 Å². The van der Waals surface area contributed by atoms with Crippen molar-refractivity contribution in [2.24, 2.45) is 0 Å². The number of likely N-dealkylation sites (tertiary alicyclic amines) is 1. The number of benzene rings is 1. The van der Waals surface area contributed by atoms with Crippen molar-refractivity contribution in [3.05, 3.63) is 41.7 Å². The monoisotopic (exact) mass is 354 g/mol. The molecule has 1 N–H and O–H groups in total. The summed E-state index contributed by atoms with van der Waals surface area (Å²) in [6, 6.07) is 10.2. The predicted molar refractivity (Wildman–Crippen MR) is 106 cm³/mol. The molecular formula is C21H30N4O. The van der Waals surface area contributed by atoms with Crippen molar-refractivity contribution in [2.75, 3.05) is 11.9 Å². The van der Waals surface area contributed by atoms with Crippen LogP contribution in [0.2, 0.25) is 0 Å². The van der Waals surface area contributed by atoms with E-state index in [9.17, 15) is 4.79 Å². The first-order valence-corrected chi connectivity index (χ1v) is 9.71. The number of carbonyl (C=O) groups is 1. The van der Waals surface area contributed by atoms with E-state index in [4.69, 9.17) is 0 Å². The molecule has 2 atom stereocenters. The van der Waals surface area contributed by atoms with Gasteiger partial charge in [0.2, 0.25) is 5.91 Å². The van der Waals surface area contributed by atoms with Gasteiger partial charge in [-0.05, 0) is 58.6 Å². The molecule has 1 aromatic heterocycles. The SMILES string of the molecule is CC[C@H]1CCCCN1C(=O)[C@@H](C)Nc1c(C)nn(-c2ccccc2)c1C. The molecule has 1 aromatic carbocycles. The molecular weight excluding hydrogens is 324 g/mol. The quantitative estimate of drug-likeness (QED) is 0.880. The predicted octanol–water partition coefficient (Wildman–Crippen LogP) is 4.08. The van der Waals surface area contributed by atoms with E-state index in [1.54, 1.807) is 0 Å². The van der Waals surface area contributed by atoms with Gasteiger partial charge in [-0.3, -0.25) is 4.79 Å². The fourth-order valence-corrected chi connectivity index (χ4v) is 3.91. The van der Waals surface area contributed by atoms with E-state index in [-0.39, 0.29) is 11.9 Å². The zero-order valence-electron chi connectivity index (χ0n) is 16.3. The highest BCUT2D eigenvalue weighted by Gasteiger charge is 2.29. The van der Waals surface area contributed by atoms with Gasteiger partial charge in [0.1, 0.15) is 6.04 Å². The van der Waals surface area contributed by atoms with Gasteiger partial charge >= 0.3 is 0 Å². The van der Waals surface area contributed by atoms with Crippen LogP contribution in [-0.4, -0.2) is 39.2 Å². The van der Waals surface area contributed by atoms with E-state index >= 15 is 0 Å². The van der Waals surface area contributed by atoms with Gasteiger partial charge in [-0.25, -0.2) is 4.68 Å². The van der Waals surface area contributed by atoms with Gasteiger partial charge in [0, 0.05) is 12.6 Å². The standard InChI is InChI=1S/C21H30N4O/c1-5-18-11-9-10-14-24(18)21(26)16(3)22-20-15(2)23-25(17(20)4)19-12-7-6-8-13-19/h6-8,12-13,16,18,22H,5,9-11,14H2,1-4H3/t16-,18+/m1/s1. The van der Waals surface area contributed by atoms with E-state index in [1.165, 1.54) is 6.42 Å². The van der Waals surface area contributed by atoms with Gasteiger partial charge in [-0.15, -0.1) is 0 Å². The Balaban J connectivity index is 1.78. The number of rotatable bonds is 5. The Hall–Kier alpha value is -2.30. The number of aromatic nitrogens is 2. The molecule has 1 fully saturated rings. The number of nitrogens with one attached hydrogen (secondary N) is 1. The fraction of sp³-hybridized carbons (Fsp3) is 0.524. The molecule has 1 saturated heterocycles. The van der Waals surface area contributed by atoms with Gasteiger partial charge in [0.05, 0.1) is 22.8 Å². The highest BCUT2D eigenvalue weighted by atomic mass is 16.2. The second-order valence-corrected chi connectivity index (χ2v) is 7.25. The first kappa shape index (κ1) is 18.5. The topological polar surface area (TPSA) is 50.2 Å². The second kappa shape index (κ2) is 7.94. The van der Waals surface area contributed by atoms with Crippen LogP contribution in [0.4, 0.5) is 5.69 Å². The molecule has 0 unspecified atom stereocenters. The highest BCUT2D eigenvalue weighted by Crippen LogP contribution is 2.25. The summed E-state index contributed by atoms with van der Waals surface area (Å²) < 4.78 is 1.94. The molecule has 3 rings (SSSR count). The Bertz CT molecular complexity index is 753. The first-order valence-electron chi connectivity index (χ1n) is 9.71. The molecule has 0 aliphatic carbocycles. The summed E-state index contributed by atoms with van der Waals surface area (Å²) in [5.74, 6) is 0.197. The zero-order chi connectivity index (χ0) is 18.7. The van der Waals surface area contributed by atoms with Crippen LogP contribution in [0, 0.1) is 13.8 Å². The van der Waals surface area contributed by atoms with E-state index < -0.39 is 0 Å². The third-order valence-corrected chi connectivity index (χ3v) is 5.40. The first-order chi connectivity index (χ1) is 12.5. The van der Waals surface area contributed by atoms with Crippen molar-refractivity contribution in [1.82, 2.24) is 14.7 Å². The minimum absolute atomic E-state index is 0.197. The van der Waals surface area contributed by atoms with Crippen LogP contribution in [0.15, 0.2) is 30.3 Å². The van der Waals surface area contributed by atoms with Crippen LogP contribution >= 0.6 is 0 Å². The van der Waals surface area contributed by atoms with Crippen LogP contribution < -0.4 is 5.32 Å². The summed E-state index contributed by atoms with van der Waals surface area (Å²) in [5.41, 5.74) is 3.93. The molecule has 2 aromatic rings. The Morgan fingerprint density at radius 3 is 2.69 bits per heavy atom. The van der Waals surface area contributed by atoms with Crippen LogP contribution in [0.5, 0.6) is 0 Å². The summed E-state index contributed by atoms with van der Waals surface area (Å²) in [7, 11) is 0. The molecule has 26 heavy (non-hydrogen) atoms. The van der Waals surface area contributed by atoms with Crippen molar-refractivity contribution < 1.29 is 4.79 Å². The number of anilines is 1. The third kappa shape index (κ3) is 3.62. The van der Waals surface area contributed by atoms with Crippen molar-refractivity contribution in [3.8, 4) is 5.69 Å². The average Bonchev–Trinajstić information content (AvgIpc) is 2.96. The number of amides is 1. The maximum atomic E-state index is 13.0. The molecule has 1 amide bonds. The molecule has 0 spiro atoms. The van der Waals surface area contributed by atoms with Crippen molar-refractivity contribution in [3.63, 3.8) is 0 Å². The third-order valence-electron chi connectivity index (χ3n) is 5.40. The number of carbonyl (C=O) groups excluding carboxylic acids is 1. The van der Waals surface area contributed by atoms with Crippen LogP contribution in [0.25, 0.3) is 5.69 Å². The molecule has 1 aliphatic rings. The van der Waals surface area contributed by atoms with Crippen molar-refractivity contribution in [1.29, 1.82) is 0 Å². The lowest BCUT2D eigenvalue weighted by Gasteiger charge is -2.37. The largest absolute Gasteiger partial charge is 0.371 e. The molecule has 2 heterocycles. The van der Waals surface area contributed by atoms with Gasteiger partial charge in [-0.1, -0.05) is 25.1 Å². The van der Waals surface area contributed by atoms with Gasteiger partial charge in [-0.2, -0.15) is 5.10 Å². The Morgan fingerprint density at radius 1 is 1.27 bits per heavy atom. The van der Waals surface area contributed by atoms with Gasteiger partial charge < -0.3 is 10.2 Å². The zero-order valence-corrected chi connectivity index (χ0v) is 16.3. The maximum Gasteiger partial charge on any atom is 0.245 e. The number of piperidine rings is 1. The molecule has 0 bridgehead atoms. The average molecular weight is 354 g/mol. The summed E-state index contributed by atoms with van der Waals surface area (Å²) in [4.78, 5) is 15.1. The Morgan fingerprint density at radius 2 is 2.00 bits per heavy atom. The molecule has 5 heteroatoms. The second-order valence-electron chi connectivity index (χ2n) is 7.25. The number of para-hydroxylation sites is 1. The summed E-state index contributed by atoms with van der Waals surface area (Å²) in [6.45, 7) is 9.05. The minimum Gasteiger partial charge on any atom is -0.371 e. The lowest BCUT2D eigenvalue weighted by molar-refractivity contribution is -0.135. The smallest absolute Gasteiger partial charge is 0.245 e. The van der Waals surface area contributed by atoms with Crippen LogP contribution in [0.3, 0.4) is 0 Å². The van der Waals surface area contributed by atoms with E-state index in [0.717, 1.165) is 48.6 Å².